The van der Waals surface area contributed by atoms with E-state index in [1.807, 2.05) is 26.8 Å². The molecule has 0 aromatic rings. The second kappa shape index (κ2) is 36.4. The largest absolute Gasteiger partial charge is 0.393 e. The third-order valence-electron chi connectivity index (χ3n) is 23.9. The summed E-state index contributed by atoms with van der Waals surface area (Å²) in [5, 5.41) is 7.60. The van der Waals surface area contributed by atoms with Gasteiger partial charge in [-0.3, -0.25) is 57.5 Å². The Morgan fingerprint density at radius 2 is 1.30 bits per heavy atom. The van der Waals surface area contributed by atoms with Crippen LogP contribution >= 0.6 is 11.6 Å². The van der Waals surface area contributed by atoms with Crippen molar-refractivity contribution in [2.24, 2.45) is 41.4 Å². The number of hydrogen-bond donors (Lipinski definition) is 3. The summed E-state index contributed by atoms with van der Waals surface area (Å²) >= 11 is 6.44. The van der Waals surface area contributed by atoms with Gasteiger partial charge in [-0.1, -0.05) is 98.1 Å². The van der Waals surface area contributed by atoms with E-state index in [2.05, 4.69) is 22.9 Å². The van der Waals surface area contributed by atoms with Gasteiger partial charge in [0.15, 0.2) is 0 Å². The summed E-state index contributed by atoms with van der Waals surface area (Å²) in [4.78, 5) is 192. The SMILES string of the molecule is CCC[C@H]1C(=O)N[C@@H]([C@@H](C)CC)C(=O)N(C)CC(=O)N(C)[C@H]2C/C=C\CCN(C2=O)[C@@H](CC2CCC(C)CC2)C(=O)N(C)CC(=O)N[C@@H](CCC2CCC(C(F)(F)F)C(Cl)C2)C(=O)N2C[C@H](C)C[C@H]2C(=O)NC2(CCC2)C(=O)N(C)[C@@H](C2CCCC2)C(=O)N(C)[C@H](C(=O)N(C)CC)CC(=O)N1C. The maximum absolute atomic E-state index is 15.5. The number of carbonyl (C=O) groups excluding carboxylic acids is 12. The summed E-state index contributed by atoms with van der Waals surface area (Å²) in [7, 11) is 10.2. The summed E-state index contributed by atoms with van der Waals surface area (Å²) in [5.74, 6) is -10.3. The Morgan fingerprint density at radius 3 is 1.90 bits per heavy atom. The molecule has 1 spiro atoms. The molecular formula is C74H118ClF3N12O12. The second-order valence-corrected chi connectivity index (χ2v) is 31.8. The Kier molecular flexibility index (Phi) is 29.6. The van der Waals surface area contributed by atoms with E-state index in [1.54, 1.807) is 19.9 Å². The summed E-state index contributed by atoms with van der Waals surface area (Å²) in [6, 6.07) is -9.76. The molecule has 6 fully saturated rings. The number of nitrogens with zero attached hydrogens (tertiary/aromatic N) is 9. The molecule has 2 bridgehead atoms. The lowest BCUT2D eigenvalue weighted by molar-refractivity contribution is -0.182. The first kappa shape index (κ1) is 82.7. The Morgan fingerprint density at radius 1 is 0.657 bits per heavy atom. The van der Waals surface area contributed by atoms with Crippen LogP contribution < -0.4 is 16.0 Å². The average molecular weight is 1460 g/mol. The molecule has 7 rings (SSSR count). The van der Waals surface area contributed by atoms with Crippen molar-refractivity contribution in [1.82, 2.24) is 60.0 Å². The minimum atomic E-state index is -4.51. The van der Waals surface area contributed by atoms with Crippen molar-refractivity contribution in [3.05, 3.63) is 12.2 Å². The van der Waals surface area contributed by atoms with Crippen LogP contribution in [0.3, 0.4) is 0 Å². The van der Waals surface area contributed by atoms with Gasteiger partial charge in [-0.2, -0.15) is 13.2 Å². The van der Waals surface area contributed by atoms with Crippen LogP contribution in [0.5, 0.6) is 0 Å². The molecule has 3 heterocycles. The summed E-state index contributed by atoms with van der Waals surface area (Å²) < 4.78 is 42.2. The monoisotopic (exact) mass is 1460 g/mol. The standard InChI is InChI=1S/C74H118ClF3N12O12/c1-14-23-54-64(94)80-62(47(6)15-2)70(100)84(9)44-61(93)86(11)55-26-18-17-21-37-89(69(55)99)58(40-49-29-27-45(4)28-30-49)68(98)83(8)43-59(91)79-53(34-32-48-31-33-51(52(75)39-48)74(76,77)78)66(96)90-42-46(5)38-56(90)65(95)81-73(35-22-36-73)72(102)88(13)63(50-24-19-20-25-50)71(101)87(12)57(41-60(92)85(54)10)67(97)82(7)16-3/h17-18,45-58,62-63H,14-16,19-44H2,1-13H3,(H,79,91)(H,80,94)(H,81,95)/b18-17-/t45?,46-,47+,48?,49?,51?,52?,53+,54+,55+,56+,57+,58+,62+,63+/m1/s1. The molecule has 0 aromatic carbocycles. The smallest absolute Gasteiger partial charge is 0.344 e. The van der Waals surface area contributed by atoms with Crippen molar-refractivity contribution >= 4 is 82.5 Å². The van der Waals surface area contributed by atoms with Crippen molar-refractivity contribution in [3.8, 4) is 0 Å². The van der Waals surface area contributed by atoms with Gasteiger partial charge in [0.25, 0.3) is 0 Å². The number of amides is 12. The zero-order chi connectivity index (χ0) is 75.4. The third kappa shape index (κ3) is 19.9. The Hall–Kier alpha value is -6.54. The molecule has 3 N–H and O–H groups in total. The number of rotatable bonds is 12. The maximum atomic E-state index is 15.5. The predicted molar refractivity (Wildman–Crippen MR) is 379 cm³/mol. The molecular weight excluding hydrogens is 1340 g/mol. The highest BCUT2D eigenvalue weighted by Crippen LogP contribution is 2.44. The number of carbonyl (C=O) groups is 12. The Bertz CT molecular complexity index is 3030. The van der Waals surface area contributed by atoms with Crippen LogP contribution in [0.2, 0.25) is 0 Å². The van der Waals surface area contributed by atoms with E-state index in [-0.39, 0.29) is 108 Å². The first-order chi connectivity index (χ1) is 48.1. The molecule has 102 heavy (non-hydrogen) atoms. The van der Waals surface area contributed by atoms with Crippen molar-refractivity contribution in [2.45, 2.75) is 261 Å². The zero-order valence-electron chi connectivity index (χ0n) is 62.8. The molecule has 4 aliphatic carbocycles. The Labute approximate surface area is 607 Å². The van der Waals surface area contributed by atoms with Gasteiger partial charge in [0, 0.05) is 74.3 Å². The molecule has 4 saturated carbocycles. The minimum absolute atomic E-state index is 0.00311. The molecule has 574 valence electrons. The highest BCUT2D eigenvalue weighted by atomic mass is 35.5. The van der Waals surface area contributed by atoms with E-state index in [9.17, 15) is 41.9 Å². The number of fused-ring (bicyclic) bond motifs is 3. The van der Waals surface area contributed by atoms with Crippen molar-refractivity contribution in [2.75, 3.05) is 82.1 Å². The van der Waals surface area contributed by atoms with Crippen molar-refractivity contribution < 1.29 is 70.7 Å². The molecule has 7 aliphatic rings. The first-order valence-electron chi connectivity index (χ1n) is 37.8. The number of likely N-dealkylation sites (N-methyl/N-ethyl adjacent to an activating group) is 7. The molecule has 12 amide bonds. The van der Waals surface area contributed by atoms with E-state index >= 15 is 28.8 Å². The van der Waals surface area contributed by atoms with Crippen molar-refractivity contribution in [3.63, 3.8) is 0 Å². The van der Waals surface area contributed by atoms with E-state index in [0.717, 1.165) is 38.5 Å². The van der Waals surface area contributed by atoms with E-state index < -0.39 is 174 Å². The Balaban J connectivity index is 1.29. The highest BCUT2D eigenvalue weighted by molar-refractivity contribution is 6.21. The second-order valence-electron chi connectivity index (χ2n) is 31.2. The average Bonchev–Trinajstić information content (AvgIpc) is 1.15. The van der Waals surface area contributed by atoms with Crippen LogP contribution in [0.25, 0.3) is 0 Å². The lowest BCUT2D eigenvalue weighted by atomic mass is 9.74. The summed E-state index contributed by atoms with van der Waals surface area (Å²) in [5.41, 5.74) is -1.54. The van der Waals surface area contributed by atoms with Gasteiger partial charge >= 0.3 is 6.18 Å². The van der Waals surface area contributed by atoms with Gasteiger partial charge in [0.2, 0.25) is 70.9 Å². The van der Waals surface area contributed by atoms with Crippen LogP contribution in [-0.4, -0.2) is 262 Å². The molecule has 28 heteroatoms. The molecule has 0 aromatic heterocycles. The molecule has 0 radical (unpaired) electrons. The van der Waals surface area contributed by atoms with E-state index in [0.29, 0.717) is 44.4 Å². The molecule has 3 unspecified atom stereocenters. The maximum Gasteiger partial charge on any atom is 0.393 e. The van der Waals surface area contributed by atoms with Gasteiger partial charge in [0.1, 0.15) is 53.9 Å². The summed E-state index contributed by atoms with van der Waals surface area (Å²) in [6.45, 7) is 10.4. The lowest BCUT2D eigenvalue weighted by Crippen LogP contribution is -2.68. The number of halogens is 4. The van der Waals surface area contributed by atoms with Crippen molar-refractivity contribution in [1.29, 1.82) is 0 Å². The molecule has 24 nitrogen and oxygen atoms in total. The molecule has 2 saturated heterocycles. The fraction of sp³-hybridized carbons (Fsp3) is 0.811. The van der Waals surface area contributed by atoms with Gasteiger partial charge in [-0.15, -0.1) is 11.6 Å². The van der Waals surface area contributed by atoms with E-state index in [4.69, 9.17) is 11.6 Å². The van der Waals surface area contributed by atoms with Gasteiger partial charge < -0.3 is 60.0 Å². The van der Waals surface area contributed by atoms with Gasteiger partial charge in [0.05, 0.1) is 25.4 Å². The molecule has 3 aliphatic heterocycles. The van der Waals surface area contributed by atoms with Crippen LogP contribution in [0, 0.1) is 41.4 Å². The first-order valence-corrected chi connectivity index (χ1v) is 38.2. The lowest BCUT2D eigenvalue weighted by Gasteiger charge is -2.46. The topological polar surface area (TPSA) is 270 Å². The third-order valence-corrected chi connectivity index (χ3v) is 24.4. The van der Waals surface area contributed by atoms with Crippen LogP contribution in [-0.2, 0) is 57.5 Å². The fourth-order valence-corrected chi connectivity index (χ4v) is 17.2. The normalized spacial score (nSPS) is 32.2. The fourth-order valence-electron chi connectivity index (χ4n) is 16.7. The van der Waals surface area contributed by atoms with Gasteiger partial charge in [-0.25, -0.2) is 0 Å². The van der Waals surface area contributed by atoms with Crippen LogP contribution in [0.15, 0.2) is 12.2 Å². The number of alkyl halides is 4. The quantitative estimate of drug-likeness (QED) is 0.140. The van der Waals surface area contributed by atoms with E-state index in [1.165, 1.54) is 93.4 Å². The van der Waals surface area contributed by atoms with Crippen LogP contribution in [0.4, 0.5) is 13.2 Å². The van der Waals surface area contributed by atoms with Crippen LogP contribution in [0.1, 0.15) is 196 Å². The summed E-state index contributed by atoms with van der Waals surface area (Å²) in [6.07, 6.45) is 7.19. The number of hydrogen-bond acceptors (Lipinski definition) is 12. The highest BCUT2D eigenvalue weighted by Gasteiger charge is 2.54. The molecule has 13 atom stereocenters. The number of nitrogens with one attached hydrogen (secondary N) is 3. The predicted octanol–water partition coefficient (Wildman–Crippen LogP) is 6.50. The minimum Gasteiger partial charge on any atom is -0.344 e. The van der Waals surface area contributed by atoms with Gasteiger partial charge in [-0.05, 0) is 139 Å². The zero-order valence-corrected chi connectivity index (χ0v) is 63.6.